The molecule has 0 fully saturated rings. The summed E-state index contributed by atoms with van der Waals surface area (Å²) in [6.07, 6.45) is 2.90. The van der Waals surface area contributed by atoms with E-state index in [1.807, 2.05) is 18.4 Å². The molecule has 0 N–H and O–H groups in total. The molecule has 0 spiro atoms. The predicted octanol–water partition coefficient (Wildman–Crippen LogP) is 4.22. The molecule has 0 atom stereocenters. The largest absolute Gasteiger partial charge is 0.423 e. The van der Waals surface area contributed by atoms with Gasteiger partial charge in [0.1, 0.15) is 5.58 Å². The number of nitrogens with zero attached hydrogens (tertiary/aromatic N) is 2. The van der Waals surface area contributed by atoms with Crippen molar-refractivity contribution in [1.82, 2.24) is 10.2 Å². The van der Waals surface area contributed by atoms with Crippen molar-refractivity contribution in [2.75, 3.05) is 6.26 Å². The molecule has 0 bridgehead atoms. The van der Waals surface area contributed by atoms with Gasteiger partial charge in [-0.15, -0.1) is 10.2 Å². The Balaban J connectivity index is 1.90. The Morgan fingerprint density at radius 3 is 2.77 bits per heavy atom. The van der Waals surface area contributed by atoms with E-state index >= 15 is 0 Å². The zero-order valence-electron chi connectivity index (χ0n) is 12.2. The van der Waals surface area contributed by atoms with Gasteiger partial charge in [0.2, 0.25) is 0 Å². The molecular weight excluding hydrogens is 336 g/mol. The Bertz CT molecular complexity index is 857. The molecule has 4 nitrogen and oxygen atoms in total. The van der Waals surface area contributed by atoms with Gasteiger partial charge in [-0.3, -0.25) is 0 Å². The van der Waals surface area contributed by atoms with E-state index in [0.717, 1.165) is 31.6 Å². The quantitative estimate of drug-likeness (QED) is 0.507. The molecular formula is C15H14N2O2S3. The Morgan fingerprint density at radius 1 is 1.23 bits per heavy atom. The van der Waals surface area contributed by atoms with Crippen molar-refractivity contribution >= 4 is 45.8 Å². The highest BCUT2D eigenvalue weighted by atomic mass is 32.2. The topological polar surface area (TPSA) is 56.0 Å². The second-order valence-corrected chi connectivity index (χ2v) is 7.85. The minimum atomic E-state index is -0.307. The Labute approximate surface area is 140 Å². The molecule has 3 rings (SSSR count). The highest BCUT2D eigenvalue weighted by Crippen LogP contribution is 2.31. The summed E-state index contributed by atoms with van der Waals surface area (Å²) in [7, 11) is 0. The van der Waals surface area contributed by atoms with Gasteiger partial charge in [0.25, 0.3) is 0 Å². The summed E-state index contributed by atoms with van der Waals surface area (Å²) >= 11 is 4.75. The lowest BCUT2D eigenvalue weighted by Gasteiger charge is -2.05. The van der Waals surface area contributed by atoms with Gasteiger partial charge in [0.05, 0.1) is 0 Å². The molecule has 3 aromatic rings. The van der Waals surface area contributed by atoms with E-state index in [-0.39, 0.29) is 5.63 Å². The van der Waals surface area contributed by atoms with E-state index in [9.17, 15) is 4.79 Å². The standard InChI is InChI=1S/C15H14N2O2S3/c1-3-9-4-5-11-10(7-13(18)19-12(11)6-9)8-21-15-17-16-14(20-2)22-15/h4-7H,3,8H2,1-2H3. The molecule has 0 unspecified atom stereocenters. The van der Waals surface area contributed by atoms with E-state index in [4.69, 9.17) is 4.42 Å². The average Bonchev–Trinajstić information content (AvgIpc) is 2.99. The van der Waals surface area contributed by atoms with Crippen LogP contribution in [0, 0.1) is 0 Å². The van der Waals surface area contributed by atoms with Gasteiger partial charge < -0.3 is 4.42 Å². The van der Waals surface area contributed by atoms with Crippen LogP contribution in [-0.4, -0.2) is 16.5 Å². The van der Waals surface area contributed by atoms with Gasteiger partial charge in [-0.25, -0.2) is 4.79 Å². The van der Waals surface area contributed by atoms with Gasteiger partial charge in [0, 0.05) is 17.2 Å². The maximum Gasteiger partial charge on any atom is 0.336 e. The normalized spacial score (nSPS) is 11.2. The SMILES string of the molecule is CCc1ccc2c(CSc3nnc(SC)s3)cc(=O)oc2c1. The number of rotatable bonds is 5. The van der Waals surface area contributed by atoms with E-state index in [2.05, 4.69) is 23.2 Å². The van der Waals surface area contributed by atoms with Crippen molar-refractivity contribution in [3.63, 3.8) is 0 Å². The molecule has 0 aliphatic heterocycles. The Hall–Kier alpha value is -1.31. The van der Waals surface area contributed by atoms with Gasteiger partial charge in [-0.2, -0.15) is 0 Å². The van der Waals surface area contributed by atoms with Crippen LogP contribution in [0.15, 0.2) is 42.2 Å². The van der Waals surface area contributed by atoms with Gasteiger partial charge >= 0.3 is 5.63 Å². The highest BCUT2D eigenvalue weighted by molar-refractivity contribution is 8.02. The molecule has 2 heterocycles. The summed E-state index contributed by atoms with van der Waals surface area (Å²) in [4.78, 5) is 11.8. The van der Waals surface area contributed by atoms with E-state index in [1.165, 1.54) is 0 Å². The maximum absolute atomic E-state index is 11.8. The first kappa shape index (κ1) is 15.6. The van der Waals surface area contributed by atoms with E-state index in [0.29, 0.717) is 11.3 Å². The van der Waals surface area contributed by atoms with Crippen molar-refractivity contribution < 1.29 is 4.42 Å². The van der Waals surface area contributed by atoms with Gasteiger partial charge in [0.15, 0.2) is 8.68 Å². The van der Waals surface area contributed by atoms with Crippen molar-refractivity contribution in [2.24, 2.45) is 0 Å². The van der Waals surface area contributed by atoms with Gasteiger partial charge in [-0.05, 0) is 29.9 Å². The summed E-state index contributed by atoms with van der Waals surface area (Å²) < 4.78 is 7.19. The first-order chi connectivity index (χ1) is 10.7. The molecule has 1 aromatic carbocycles. The molecule has 0 radical (unpaired) electrons. The smallest absolute Gasteiger partial charge is 0.336 e. The summed E-state index contributed by atoms with van der Waals surface area (Å²) in [5.41, 5.74) is 2.48. The van der Waals surface area contributed by atoms with Crippen LogP contribution in [0.1, 0.15) is 18.1 Å². The Morgan fingerprint density at radius 2 is 2.05 bits per heavy atom. The van der Waals surface area contributed by atoms with Crippen LogP contribution in [0.3, 0.4) is 0 Å². The van der Waals surface area contributed by atoms with Crippen LogP contribution in [0.4, 0.5) is 0 Å². The number of hydrogen-bond donors (Lipinski definition) is 0. The third-order valence-corrected chi connectivity index (χ3v) is 6.30. The molecule has 2 aromatic heterocycles. The molecule has 7 heteroatoms. The fraction of sp³-hybridized carbons (Fsp3) is 0.267. The summed E-state index contributed by atoms with van der Waals surface area (Å²) in [6.45, 7) is 2.08. The van der Waals surface area contributed by atoms with Gasteiger partial charge in [-0.1, -0.05) is 53.9 Å². The third-order valence-electron chi connectivity index (χ3n) is 3.22. The van der Waals surface area contributed by atoms with Crippen molar-refractivity contribution in [3.05, 3.63) is 45.8 Å². The number of hydrogen-bond acceptors (Lipinski definition) is 7. The van der Waals surface area contributed by atoms with Crippen molar-refractivity contribution in [3.8, 4) is 0 Å². The molecule has 22 heavy (non-hydrogen) atoms. The number of aryl methyl sites for hydroxylation is 1. The van der Waals surface area contributed by atoms with Crippen LogP contribution in [-0.2, 0) is 12.2 Å². The number of benzene rings is 1. The molecule has 0 saturated carbocycles. The molecule has 0 saturated heterocycles. The Kier molecular flexibility index (Phi) is 4.85. The number of aromatic nitrogens is 2. The van der Waals surface area contributed by atoms with Crippen LogP contribution < -0.4 is 5.63 Å². The zero-order chi connectivity index (χ0) is 15.5. The molecule has 114 valence electrons. The van der Waals surface area contributed by atoms with Crippen LogP contribution in [0.5, 0.6) is 0 Å². The zero-order valence-corrected chi connectivity index (χ0v) is 14.6. The fourth-order valence-electron chi connectivity index (χ4n) is 2.09. The van der Waals surface area contributed by atoms with Crippen LogP contribution >= 0.6 is 34.9 Å². The molecule has 0 amide bonds. The highest BCUT2D eigenvalue weighted by Gasteiger charge is 2.09. The number of fused-ring (bicyclic) bond motifs is 1. The first-order valence-corrected chi connectivity index (χ1v) is 9.78. The van der Waals surface area contributed by atoms with Crippen molar-refractivity contribution in [2.45, 2.75) is 27.8 Å². The summed E-state index contributed by atoms with van der Waals surface area (Å²) in [5.74, 6) is 0.677. The lowest BCUT2D eigenvalue weighted by Crippen LogP contribution is -2.00. The second kappa shape index (κ2) is 6.85. The van der Waals surface area contributed by atoms with Crippen molar-refractivity contribution in [1.29, 1.82) is 0 Å². The monoisotopic (exact) mass is 350 g/mol. The second-order valence-electron chi connectivity index (χ2n) is 4.60. The fourth-order valence-corrected chi connectivity index (χ4v) is 4.52. The lowest BCUT2D eigenvalue weighted by molar-refractivity contribution is 0.559. The summed E-state index contributed by atoms with van der Waals surface area (Å²) in [6, 6.07) is 7.62. The third kappa shape index (κ3) is 3.37. The number of thioether (sulfide) groups is 2. The summed E-state index contributed by atoms with van der Waals surface area (Å²) in [5, 5.41) is 9.21. The first-order valence-electron chi connectivity index (χ1n) is 6.75. The van der Waals surface area contributed by atoms with E-state index < -0.39 is 0 Å². The maximum atomic E-state index is 11.8. The lowest BCUT2D eigenvalue weighted by atomic mass is 10.1. The van der Waals surface area contributed by atoms with Crippen LogP contribution in [0.2, 0.25) is 0 Å². The minimum Gasteiger partial charge on any atom is -0.423 e. The van der Waals surface area contributed by atoms with E-state index in [1.54, 1.807) is 40.9 Å². The predicted molar refractivity (Wildman–Crippen MR) is 93.1 cm³/mol. The molecule has 0 aliphatic rings. The molecule has 0 aliphatic carbocycles. The average molecular weight is 350 g/mol. The van der Waals surface area contributed by atoms with Crippen LogP contribution in [0.25, 0.3) is 11.0 Å². The minimum absolute atomic E-state index is 0.307.